The number of aliphatic imine (C=N–C) groups is 2. The molecule has 4 aromatic carbocycles. The number of nitrogens with zero attached hydrogens (tertiary/aromatic N) is 2. The van der Waals surface area contributed by atoms with E-state index in [0.717, 1.165) is 45.5 Å². The summed E-state index contributed by atoms with van der Waals surface area (Å²) in [6.07, 6.45) is 2.72. The zero-order valence-corrected chi connectivity index (χ0v) is 29.1. The summed E-state index contributed by atoms with van der Waals surface area (Å²) in [5.41, 5.74) is -0.0688. The molecule has 0 radical (unpaired) electrons. The van der Waals surface area contributed by atoms with Crippen LogP contribution >= 0.6 is 0 Å². The van der Waals surface area contributed by atoms with Crippen molar-refractivity contribution in [2.24, 2.45) is 20.8 Å². The normalized spacial score (nSPS) is 13.0. The Labute approximate surface area is 285 Å². The molecule has 2 atom stereocenters. The van der Waals surface area contributed by atoms with Gasteiger partial charge in [-0.05, 0) is 44.5 Å². The van der Waals surface area contributed by atoms with Gasteiger partial charge in [0.05, 0.1) is 0 Å². The molecule has 46 heavy (non-hydrogen) atoms. The van der Waals surface area contributed by atoms with Gasteiger partial charge >= 0.3 is 54.0 Å². The van der Waals surface area contributed by atoms with Crippen molar-refractivity contribution in [2.75, 3.05) is 0 Å². The summed E-state index contributed by atoms with van der Waals surface area (Å²) < 4.78 is 16.4. The van der Waals surface area contributed by atoms with Crippen molar-refractivity contribution in [1.82, 2.24) is 0 Å². The molecule has 0 spiro atoms. The van der Waals surface area contributed by atoms with Gasteiger partial charge in [-0.2, -0.15) is 0 Å². The summed E-state index contributed by atoms with van der Waals surface area (Å²) in [5, 5.41) is 45.7. The second kappa shape index (κ2) is 16.0. The molecule has 0 bridgehead atoms. The van der Waals surface area contributed by atoms with Gasteiger partial charge in [0, 0.05) is 34.7 Å². The number of carboxylic acid groups (broad SMARTS) is 2. The Morgan fingerprint density at radius 1 is 0.630 bits per heavy atom. The Morgan fingerprint density at radius 3 is 1.22 bits per heavy atom. The van der Waals surface area contributed by atoms with Gasteiger partial charge in [-0.25, -0.2) is 9.59 Å². The van der Waals surface area contributed by atoms with Crippen LogP contribution in [0.15, 0.2) is 70.6 Å². The van der Waals surface area contributed by atoms with Crippen molar-refractivity contribution < 1.29 is 72.1 Å². The fourth-order valence-corrected chi connectivity index (χ4v) is 5.04. The van der Waals surface area contributed by atoms with Crippen molar-refractivity contribution >= 4 is 45.9 Å². The van der Waals surface area contributed by atoms with E-state index < -0.39 is 34.9 Å². The Morgan fingerprint density at radius 2 is 0.935 bits per heavy atom. The second-order valence-electron chi connectivity index (χ2n) is 12.6. The molecule has 4 rings (SSSR count). The van der Waals surface area contributed by atoms with E-state index in [9.17, 15) is 30.0 Å². The molecule has 0 amide bonds. The van der Waals surface area contributed by atoms with Crippen LogP contribution in [0, 0.1) is 10.8 Å². The van der Waals surface area contributed by atoms with E-state index in [1.807, 2.05) is 48.5 Å². The minimum atomic E-state index is -1.08. The van der Waals surface area contributed by atoms with E-state index in [1.165, 1.54) is 12.4 Å². The number of carboxylic acids is 2. The Hall–Kier alpha value is -3.95. The van der Waals surface area contributed by atoms with E-state index in [0.29, 0.717) is 33.0 Å². The van der Waals surface area contributed by atoms with Crippen LogP contribution in [0.5, 0.6) is 11.5 Å². The molecule has 0 fully saturated rings. The van der Waals surface area contributed by atoms with E-state index in [-0.39, 0.29) is 11.5 Å². The molecule has 0 saturated carbocycles. The van der Waals surface area contributed by atoms with Crippen LogP contribution in [-0.2, 0) is 51.7 Å². The average molecular weight is 703 g/mol. The topological polar surface area (TPSA) is 174 Å². The van der Waals surface area contributed by atoms with Crippen molar-refractivity contribution in [2.45, 2.75) is 53.6 Å². The third-order valence-electron chi connectivity index (χ3n) is 7.19. The molecule has 0 aromatic heterocycles. The van der Waals surface area contributed by atoms with E-state index in [1.54, 1.807) is 53.7 Å². The zero-order valence-electron chi connectivity index (χ0n) is 26.3. The van der Waals surface area contributed by atoms with Crippen molar-refractivity contribution in [3.8, 4) is 22.6 Å². The van der Waals surface area contributed by atoms with Gasteiger partial charge in [-0.1, -0.05) is 90.1 Å². The van der Waals surface area contributed by atoms with Gasteiger partial charge in [-0.3, -0.25) is 9.98 Å². The van der Waals surface area contributed by atoms with Gasteiger partial charge in [0.15, 0.2) is 12.1 Å². The predicted molar refractivity (Wildman–Crippen MR) is 169 cm³/mol. The zero-order chi connectivity index (χ0) is 35.0. The maximum atomic E-state index is 11.9. The number of hydrogen-bond donors (Lipinski definition) is 4. The van der Waals surface area contributed by atoms with Crippen LogP contribution in [0.25, 0.3) is 32.7 Å². The monoisotopic (exact) mass is 702 g/mol. The standard InChI is InChI=1S/C34H36N2O6.2O.2V/c1-33(2,3)29(31(39)40)35-17-21-15-19-11-7-9-13-23(19)25(27(21)37)26-24-14-10-8-12-20(24)16-22(28(26)38)18-36-30(32(41)42)34(4,5)6;;;;/h7-18,29-30,37-38H,1-6H3,(H,39,40)(H,41,42);;;;/t29-,30-;;;;/m1..../s1. The third-order valence-corrected chi connectivity index (χ3v) is 7.19. The fourth-order valence-electron chi connectivity index (χ4n) is 5.04. The van der Waals surface area contributed by atoms with Crippen LogP contribution in [0.2, 0.25) is 0 Å². The van der Waals surface area contributed by atoms with Gasteiger partial charge < -0.3 is 20.4 Å². The molecule has 0 aliphatic carbocycles. The van der Waals surface area contributed by atoms with Crippen molar-refractivity contribution in [3.63, 3.8) is 0 Å². The molecule has 0 aliphatic rings. The van der Waals surface area contributed by atoms with Crippen molar-refractivity contribution in [1.29, 1.82) is 0 Å². The van der Waals surface area contributed by atoms with Gasteiger partial charge in [0.2, 0.25) is 0 Å². The average Bonchev–Trinajstić information content (AvgIpc) is 2.99. The van der Waals surface area contributed by atoms with Gasteiger partial charge in [0.25, 0.3) is 0 Å². The molecule has 0 heterocycles. The predicted octanol–water partition coefficient (Wildman–Crippen LogP) is 6.67. The van der Waals surface area contributed by atoms with Crippen molar-refractivity contribution in [3.05, 3.63) is 71.8 Å². The Kier molecular flexibility index (Phi) is 13.3. The summed E-state index contributed by atoms with van der Waals surface area (Å²) in [6, 6.07) is 16.1. The molecule has 0 saturated heterocycles. The first-order chi connectivity index (χ1) is 21.6. The van der Waals surface area contributed by atoms with Gasteiger partial charge in [-0.15, -0.1) is 0 Å². The molecule has 0 aliphatic heterocycles. The molecule has 10 nitrogen and oxygen atoms in total. The first kappa shape index (κ1) is 38.2. The number of hydrogen-bond acceptors (Lipinski definition) is 8. The summed E-state index contributed by atoms with van der Waals surface area (Å²) in [7, 11) is 0. The fraction of sp³-hybridized carbons (Fsp3) is 0.294. The molecular formula is C34H36N2O8V2. The van der Waals surface area contributed by atoms with Gasteiger partial charge in [0.1, 0.15) is 11.5 Å². The number of aromatic hydroxyl groups is 2. The number of rotatable bonds is 7. The number of benzene rings is 4. The Balaban J connectivity index is 0.00000177. The number of fused-ring (bicyclic) bond motifs is 2. The number of phenols is 2. The molecule has 0 unspecified atom stereocenters. The van der Waals surface area contributed by atoms with Crippen LogP contribution in [0.1, 0.15) is 52.7 Å². The number of carbonyl (C=O) groups is 2. The summed E-state index contributed by atoms with van der Waals surface area (Å²) >= 11 is 2.12. The van der Waals surface area contributed by atoms with E-state index in [2.05, 4.69) is 9.98 Å². The SMILES string of the molecule is CC(C)(C)[C@H](N=Cc1cc2ccccc2c(-c2c(O)c(C=N[C@H](C(=O)O)C(C)(C)C)cc3ccccc23)c1O)C(=O)O.[O]=[V].[O]=[V]. The first-order valence-electron chi connectivity index (χ1n) is 14.0. The van der Waals surface area contributed by atoms with Crippen LogP contribution < -0.4 is 0 Å². The summed E-state index contributed by atoms with van der Waals surface area (Å²) in [5.74, 6) is -2.51. The quantitative estimate of drug-likeness (QED) is 0.155. The minimum absolute atomic E-state index is 0.178. The third kappa shape index (κ3) is 8.64. The summed E-state index contributed by atoms with van der Waals surface area (Å²) in [4.78, 5) is 32.5. The molecule has 4 aromatic rings. The molecule has 12 heteroatoms. The maximum absolute atomic E-state index is 11.9. The molecule has 240 valence electrons. The van der Waals surface area contributed by atoms with E-state index in [4.69, 9.17) is 7.35 Å². The summed E-state index contributed by atoms with van der Waals surface area (Å²) in [6.45, 7) is 10.7. The van der Waals surface area contributed by atoms with E-state index >= 15 is 0 Å². The second-order valence-corrected chi connectivity index (χ2v) is 12.6. The van der Waals surface area contributed by atoms with Crippen LogP contribution in [0.3, 0.4) is 0 Å². The Bertz CT molecular complexity index is 1660. The molecular weight excluding hydrogens is 666 g/mol. The molecule has 4 N–H and O–H groups in total. The van der Waals surface area contributed by atoms with Crippen LogP contribution in [-0.4, -0.2) is 56.9 Å². The number of aliphatic carboxylic acids is 2. The number of phenolic OH excluding ortho intramolecular Hbond substituents is 2. The first-order valence-corrected chi connectivity index (χ1v) is 15.1. The van der Waals surface area contributed by atoms with Crippen LogP contribution in [0.4, 0.5) is 0 Å².